The summed E-state index contributed by atoms with van der Waals surface area (Å²) in [5.74, 6) is -0.261. The first-order valence-corrected chi connectivity index (χ1v) is 4.30. The standard InChI is InChI=1S/C10H14FNO/c1-6(2)8-5-12(4)10(13)7(3)9(8)11/h5-6H,1-4H3. The Morgan fingerprint density at radius 1 is 1.46 bits per heavy atom. The second-order valence-electron chi connectivity index (χ2n) is 3.59. The minimum Gasteiger partial charge on any atom is -0.318 e. The fourth-order valence-electron chi connectivity index (χ4n) is 1.30. The lowest BCUT2D eigenvalue weighted by molar-refractivity contribution is 0.573. The molecule has 0 unspecified atom stereocenters. The number of aromatic nitrogens is 1. The van der Waals surface area contributed by atoms with Crippen LogP contribution >= 0.6 is 0 Å². The summed E-state index contributed by atoms with van der Waals surface area (Å²) >= 11 is 0. The third kappa shape index (κ3) is 1.64. The molecule has 0 spiro atoms. The molecule has 0 saturated heterocycles. The Bertz CT molecular complexity index is 379. The van der Waals surface area contributed by atoms with E-state index in [1.807, 2.05) is 13.8 Å². The predicted molar refractivity (Wildman–Crippen MR) is 50.5 cm³/mol. The van der Waals surface area contributed by atoms with Crippen molar-refractivity contribution in [1.29, 1.82) is 0 Å². The molecule has 0 radical (unpaired) electrons. The molecule has 13 heavy (non-hydrogen) atoms. The molecule has 0 fully saturated rings. The molecule has 1 aromatic heterocycles. The molecule has 0 amide bonds. The topological polar surface area (TPSA) is 22.0 Å². The number of rotatable bonds is 1. The van der Waals surface area contributed by atoms with Gasteiger partial charge in [0.15, 0.2) is 0 Å². The summed E-state index contributed by atoms with van der Waals surface area (Å²) < 4.78 is 14.9. The number of halogens is 1. The highest BCUT2D eigenvalue weighted by Gasteiger charge is 2.12. The molecule has 0 aliphatic carbocycles. The van der Waals surface area contributed by atoms with Gasteiger partial charge >= 0.3 is 0 Å². The van der Waals surface area contributed by atoms with Crippen LogP contribution in [0.4, 0.5) is 4.39 Å². The van der Waals surface area contributed by atoms with Crippen LogP contribution < -0.4 is 5.56 Å². The van der Waals surface area contributed by atoms with Gasteiger partial charge in [-0.2, -0.15) is 0 Å². The van der Waals surface area contributed by atoms with Gasteiger partial charge < -0.3 is 4.57 Å². The van der Waals surface area contributed by atoms with Crippen LogP contribution in [0.15, 0.2) is 11.0 Å². The Morgan fingerprint density at radius 3 is 2.46 bits per heavy atom. The van der Waals surface area contributed by atoms with Crippen LogP contribution in [-0.4, -0.2) is 4.57 Å². The van der Waals surface area contributed by atoms with Gasteiger partial charge in [0.05, 0.1) is 5.56 Å². The Kier molecular flexibility index (Phi) is 2.55. The lowest BCUT2D eigenvalue weighted by atomic mass is 10.0. The van der Waals surface area contributed by atoms with Crippen LogP contribution in [-0.2, 0) is 7.05 Å². The van der Waals surface area contributed by atoms with Crippen LogP contribution in [0.5, 0.6) is 0 Å². The first-order chi connectivity index (χ1) is 5.95. The van der Waals surface area contributed by atoms with Crippen molar-refractivity contribution < 1.29 is 4.39 Å². The predicted octanol–water partition coefficient (Wildman–Crippen LogP) is 1.96. The van der Waals surface area contributed by atoms with Crippen LogP contribution in [0.1, 0.15) is 30.9 Å². The lowest BCUT2D eigenvalue weighted by Gasteiger charge is -2.10. The zero-order chi connectivity index (χ0) is 10.2. The molecular formula is C10H14FNO. The van der Waals surface area contributed by atoms with Gasteiger partial charge in [-0.15, -0.1) is 0 Å². The third-order valence-corrected chi connectivity index (χ3v) is 2.18. The van der Waals surface area contributed by atoms with E-state index in [-0.39, 0.29) is 22.9 Å². The largest absolute Gasteiger partial charge is 0.318 e. The summed E-state index contributed by atoms with van der Waals surface area (Å²) in [6, 6.07) is 0. The van der Waals surface area contributed by atoms with Gasteiger partial charge in [0.2, 0.25) is 0 Å². The monoisotopic (exact) mass is 183 g/mol. The number of hydrogen-bond donors (Lipinski definition) is 0. The van der Waals surface area contributed by atoms with E-state index in [9.17, 15) is 9.18 Å². The van der Waals surface area contributed by atoms with Gasteiger partial charge in [0, 0.05) is 18.8 Å². The summed E-state index contributed by atoms with van der Waals surface area (Å²) in [5, 5.41) is 0. The highest BCUT2D eigenvalue weighted by molar-refractivity contribution is 5.23. The molecule has 1 aromatic rings. The SMILES string of the molecule is Cc1c(F)c(C(C)C)cn(C)c1=O. The van der Waals surface area contributed by atoms with Crippen LogP contribution in [0, 0.1) is 12.7 Å². The molecule has 0 aromatic carbocycles. The van der Waals surface area contributed by atoms with Crippen LogP contribution in [0.2, 0.25) is 0 Å². The lowest BCUT2D eigenvalue weighted by Crippen LogP contribution is -2.22. The highest BCUT2D eigenvalue weighted by Crippen LogP contribution is 2.17. The average Bonchev–Trinajstić information content (AvgIpc) is 2.07. The Labute approximate surface area is 77.0 Å². The summed E-state index contributed by atoms with van der Waals surface area (Å²) in [6.07, 6.45) is 1.56. The molecule has 0 aliphatic rings. The highest BCUT2D eigenvalue weighted by atomic mass is 19.1. The van der Waals surface area contributed by atoms with Gasteiger partial charge in [-0.3, -0.25) is 4.79 Å². The number of aryl methyl sites for hydroxylation is 1. The average molecular weight is 183 g/mol. The molecule has 0 atom stereocenters. The zero-order valence-electron chi connectivity index (χ0n) is 8.39. The fourth-order valence-corrected chi connectivity index (χ4v) is 1.30. The van der Waals surface area contributed by atoms with E-state index in [1.54, 1.807) is 13.2 Å². The quantitative estimate of drug-likeness (QED) is 0.652. The molecule has 1 rings (SSSR count). The van der Waals surface area contributed by atoms with Crippen LogP contribution in [0.3, 0.4) is 0 Å². The Morgan fingerprint density at radius 2 is 2.00 bits per heavy atom. The van der Waals surface area contributed by atoms with Crippen molar-refractivity contribution in [3.05, 3.63) is 33.5 Å². The number of nitrogens with zero attached hydrogens (tertiary/aromatic N) is 1. The van der Waals surface area contributed by atoms with Gasteiger partial charge in [-0.25, -0.2) is 4.39 Å². The van der Waals surface area contributed by atoms with Crippen molar-refractivity contribution in [2.24, 2.45) is 7.05 Å². The molecule has 0 saturated carbocycles. The van der Waals surface area contributed by atoms with Crippen molar-refractivity contribution in [2.45, 2.75) is 26.7 Å². The van der Waals surface area contributed by atoms with E-state index in [0.29, 0.717) is 5.56 Å². The van der Waals surface area contributed by atoms with Crippen molar-refractivity contribution >= 4 is 0 Å². The minimum absolute atomic E-state index is 0.102. The van der Waals surface area contributed by atoms with Crippen LogP contribution in [0.25, 0.3) is 0 Å². The first kappa shape index (κ1) is 9.96. The van der Waals surface area contributed by atoms with E-state index in [2.05, 4.69) is 0 Å². The van der Waals surface area contributed by atoms with Gasteiger partial charge in [0.1, 0.15) is 5.82 Å². The first-order valence-electron chi connectivity index (χ1n) is 4.30. The molecule has 72 valence electrons. The Hall–Kier alpha value is -1.12. The van der Waals surface area contributed by atoms with Crippen molar-refractivity contribution in [2.75, 3.05) is 0 Å². The van der Waals surface area contributed by atoms with Crippen molar-refractivity contribution in [3.8, 4) is 0 Å². The second kappa shape index (κ2) is 3.32. The van der Waals surface area contributed by atoms with Gasteiger partial charge in [-0.05, 0) is 12.8 Å². The van der Waals surface area contributed by atoms with E-state index in [0.717, 1.165) is 0 Å². The minimum atomic E-state index is -0.363. The van der Waals surface area contributed by atoms with E-state index < -0.39 is 0 Å². The summed E-state index contributed by atoms with van der Waals surface area (Å²) in [7, 11) is 1.64. The summed E-state index contributed by atoms with van der Waals surface area (Å²) in [6.45, 7) is 5.33. The smallest absolute Gasteiger partial charge is 0.256 e. The molecule has 1 heterocycles. The summed E-state index contributed by atoms with van der Waals surface area (Å²) in [4.78, 5) is 11.3. The molecular weight excluding hydrogens is 169 g/mol. The van der Waals surface area contributed by atoms with E-state index >= 15 is 0 Å². The molecule has 0 N–H and O–H groups in total. The maximum Gasteiger partial charge on any atom is 0.256 e. The molecule has 0 bridgehead atoms. The molecule has 2 nitrogen and oxygen atoms in total. The number of pyridine rings is 1. The number of hydrogen-bond acceptors (Lipinski definition) is 1. The molecule has 0 aliphatic heterocycles. The van der Waals surface area contributed by atoms with Gasteiger partial charge in [0.25, 0.3) is 5.56 Å². The van der Waals surface area contributed by atoms with Crippen molar-refractivity contribution in [3.63, 3.8) is 0 Å². The zero-order valence-corrected chi connectivity index (χ0v) is 8.39. The maximum absolute atomic E-state index is 13.5. The second-order valence-corrected chi connectivity index (χ2v) is 3.59. The summed E-state index contributed by atoms with van der Waals surface area (Å²) in [5.41, 5.74) is 0.537. The van der Waals surface area contributed by atoms with Crippen molar-refractivity contribution in [1.82, 2.24) is 4.57 Å². The van der Waals surface area contributed by atoms with E-state index in [1.165, 1.54) is 11.5 Å². The van der Waals surface area contributed by atoms with E-state index in [4.69, 9.17) is 0 Å². The third-order valence-electron chi connectivity index (χ3n) is 2.18. The maximum atomic E-state index is 13.5. The molecule has 3 heteroatoms. The van der Waals surface area contributed by atoms with Gasteiger partial charge in [-0.1, -0.05) is 13.8 Å². The normalized spacial score (nSPS) is 10.9. The Balaban J connectivity index is 3.50. The fraction of sp³-hybridized carbons (Fsp3) is 0.500.